The van der Waals surface area contributed by atoms with E-state index in [0.29, 0.717) is 6.42 Å². The van der Waals surface area contributed by atoms with Crippen LogP contribution in [0.2, 0.25) is 0 Å². The lowest BCUT2D eigenvalue weighted by atomic mass is 10.1. The molecule has 6 heteroatoms. The SMILES string of the molecule is CCc1c(C)[nH]n2c(=O)cc(C[C@@H](C)n3cccn3)nc12. The van der Waals surface area contributed by atoms with Crippen LogP contribution >= 0.6 is 0 Å². The molecular formula is C15H19N5O. The lowest BCUT2D eigenvalue weighted by Crippen LogP contribution is -2.18. The average Bonchev–Trinajstić information content (AvgIpc) is 3.06. The Kier molecular flexibility index (Phi) is 3.37. The summed E-state index contributed by atoms with van der Waals surface area (Å²) >= 11 is 0. The van der Waals surface area contributed by atoms with E-state index in [9.17, 15) is 4.79 Å². The van der Waals surface area contributed by atoms with Gasteiger partial charge >= 0.3 is 0 Å². The Bertz CT molecular complexity index is 813. The molecule has 6 nitrogen and oxygen atoms in total. The summed E-state index contributed by atoms with van der Waals surface area (Å²) in [6.07, 6.45) is 5.21. The molecule has 0 aliphatic rings. The summed E-state index contributed by atoms with van der Waals surface area (Å²) in [6.45, 7) is 6.11. The van der Waals surface area contributed by atoms with Crippen molar-refractivity contribution in [2.75, 3.05) is 0 Å². The molecule has 0 spiro atoms. The Hall–Kier alpha value is -2.37. The molecule has 0 radical (unpaired) electrons. The zero-order valence-electron chi connectivity index (χ0n) is 12.5. The maximum absolute atomic E-state index is 12.2. The van der Waals surface area contributed by atoms with Gasteiger partial charge < -0.3 is 0 Å². The number of aromatic amines is 1. The van der Waals surface area contributed by atoms with Gasteiger partial charge in [0.15, 0.2) is 5.65 Å². The minimum atomic E-state index is -0.0644. The molecule has 0 bridgehead atoms. The topological polar surface area (TPSA) is 68.0 Å². The Morgan fingerprint density at radius 2 is 2.24 bits per heavy atom. The van der Waals surface area contributed by atoms with Crippen LogP contribution in [0.5, 0.6) is 0 Å². The van der Waals surface area contributed by atoms with Crippen molar-refractivity contribution in [1.29, 1.82) is 0 Å². The number of aromatic nitrogens is 5. The lowest BCUT2D eigenvalue weighted by Gasteiger charge is -2.11. The van der Waals surface area contributed by atoms with Crippen molar-refractivity contribution in [3.63, 3.8) is 0 Å². The molecular weight excluding hydrogens is 266 g/mol. The molecule has 0 aromatic carbocycles. The monoisotopic (exact) mass is 285 g/mol. The maximum atomic E-state index is 12.2. The summed E-state index contributed by atoms with van der Waals surface area (Å²) in [6, 6.07) is 3.66. The van der Waals surface area contributed by atoms with Gasteiger partial charge in [-0.25, -0.2) is 9.50 Å². The van der Waals surface area contributed by atoms with Crippen molar-refractivity contribution in [2.24, 2.45) is 0 Å². The van der Waals surface area contributed by atoms with Gasteiger partial charge in [0, 0.05) is 36.1 Å². The van der Waals surface area contributed by atoms with E-state index >= 15 is 0 Å². The quantitative estimate of drug-likeness (QED) is 0.796. The molecule has 0 saturated heterocycles. The second kappa shape index (κ2) is 5.20. The fraction of sp³-hybridized carbons (Fsp3) is 0.400. The number of rotatable bonds is 4. The molecule has 1 atom stereocenters. The fourth-order valence-electron chi connectivity index (χ4n) is 2.71. The smallest absolute Gasteiger partial charge is 0.272 e. The summed E-state index contributed by atoms with van der Waals surface area (Å²) in [5.74, 6) is 0. The van der Waals surface area contributed by atoms with E-state index in [1.807, 2.05) is 23.9 Å². The summed E-state index contributed by atoms with van der Waals surface area (Å²) in [4.78, 5) is 16.9. The number of hydrogen-bond acceptors (Lipinski definition) is 3. The highest BCUT2D eigenvalue weighted by molar-refractivity contribution is 5.50. The van der Waals surface area contributed by atoms with E-state index in [0.717, 1.165) is 29.0 Å². The first-order valence-electron chi connectivity index (χ1n) is 7.19. The molecule has 3 aromatic rings. The minimum Gasteiger partial charge on any atom is -0.294 e. The first kappa shape index (κ1) is 13.6. The van der Waals surface area contributed by atoms with Crippen LogP contribution in [0, 0.1) is 6.92 Å². The van der Waals surface area contributed by atoms with E-state index in [2.05, 4.69) is 29.0 Å². The van der Waals surface area contributed by atoms with Crippen LogP contribution in [0.4, 0.5) is 0 Å². The summed E-state index contributed by atoms with van der Waals surface area (Å²) in [5, 5.41) is 7.31. The molecule has 0 fully saturated rings. The van der Waals surface area contributed by atoms with Gasteiger partial charge in [0.05, 0.1) is 11.7 Å². The molecule has 0 amide bonds. The predicted octanol–water partition coefficient (Wildman–Crippen LogP) is 1.89. The summed E-state index contributed by atoms with van der Waals surface area (Å²) in [5.41, 5.74) is 3.58. The lowest BCUT2D eigenvalue weighted by molar-refractivity contribution is 0.484. The van der Waals surface area contributed by atoms with Gasteiger partial charge in [-0.1, -0.05) is 6.92 Å². The molecule has 0 aliphatic carbocycles. The Morgan fingerprint density at radius 3 is 2.90 bits per heavy atom. The molecule has 0 aliphatic heterocycles. The van der Waals surface area contributed by atoms with Gasteiger partial charge in [-0.15, -0.1) is 0 Å². The van der Waals surface area contributed by atoms with E-state index in [4.69, 9.17) is 0 Å². The number of hydrogen-bond donors (Lipinski definition) is 1. The van der Waals surface area contributed by atoms with Gasteiger partial charge in [-0.3, -0.25) is 14.6 Å². The van der Waals surface area contributed by atoms with Crippen molar-refractivity contribution in [3.8, 4) is 0 Å². The van der Waals surface area contributed by atoms with Crippen molar-refractivity contribution in [2.45, 2.75) is 39.7 Å². The highest BCUT2D eigenvalue weighted by Crippen LogP contribution is 2.15. The Labute approximate surface area is 122 Å². The molecule has 0 saturated carbocycles. The zero-order chi connectivity index (χ0) is 15.0. The number of nitrogens with zero attached hydrogens (tertiary/aromatic N) is 4. The van der Waals surface area contributed by atoms with Gasteiger partial charge in [0.1, 0.15) is 0 Å². The second-order valence-corrected chi connectivity index (χ2v) is 5.35. The van der Waals surface area contributed by atoms with Crippen LogP contribution in [0.15, 0.2) is 29.3 Å². The summed E-state index contributed by atoms with van der Waals surface area (Å²) < 4.78 is 3.41. The summed E-state index contributed by atoms with van der Waals surface area (Å²) in [7, 11) is 0. The number of H-pyrrole nitrogens is 1. The third kappa shape index (κ3) is 2.37. The van der Waals surface area contributed by atoms with Crippen LogP contribution in [0.25, 0.3) is 5.65 Å². The van der Waals surface area contributed by atoms with E-state index < -0.39 is 0 Å². The van der Waals surface area contributed by atoms with Crippen molar-refractivity contribution in [1.82, 2.24) is 24.4 Å². The Morgan fingerprint density at radius 1 is 1.43 bits per heavy atom. The molecule has 1 N–H and O–H groups in total. The normalized spacial score (nSPS) is 12.9. The highest BCUT2D eigenvalue weighted by atomic mass is 16.1. The van der Waals surface area contributed by atoms with Crippen molar-refractivity contribution < 1.29 is 0 Å². The number of nitrogens with one attached hydrogen (secondary N) is 1. The van der Waals surface area contributed by atoms with E-state index in [1.165, 1.54) is 4.52 Å². The minimum absolute atomic E-state index is 0.0644. The van der Waals surface area contributed by atoms with Crippen LogP contribution in [0.3, 0.4) is 0 Å². The average molecular weight is 285 g/mol. The van der Waals surface area contributed by atoms with Crippen molar-refractivity contribution in [3.05, 3.63) is 51.8 Å². The van der Waals surface area contributed by atoms with E-state index in [1.54, 1.807) is 12.3 Å². The molecule has 3 rings (SSSR count). The zero-order valence-corrected chi connectivity index (χ0v) is 12.5. The van der Waals surface area contributed by atoms with Gasteiger partial charge in [0.25, 0.3) is 5.56 Å². The van der Waals surface area contributed by atoms with Crippen LogP contribution < -0.4 is 5.56 Å². The number of fused-ring (bicyclic) bond motifs is 1. The first-order chi connectivity index (χ1) is 10.1. The number of aryl methyl sites for hydroxylation is 2. The molecule has 110 valence electrons. The first-order valence-corrected chi connectivity index (χ1v) is 7.19. The fourth-order valence-corrected chi connectivity index (χ4v) is 2.71. The van der Waals surface area contributed by atoms with Crippen LogP contribution in [0.1, 0.15) is 36.8 Å². The Balaban J connectivity index is 2.02. The van der Waals surface area contributed by atoms with Gasteiger partial charge in [-0.2, -0.15) is 5.10 Å². The third-order valence-corrected chi connectivity index (χ3v) is 3.81. The maximum Gasteiger partial charge on any atom is 0.272 e. The predicted molar refractivity (Wildman–Crippen MR) is 80.6 cm³/mol. The highest BCUT2D eigenvalue weighted by Gasteiger charge is 2.13. The standard InChI is InChI=1S/C15H19N5O/c1-4-13-11(3)18-20-14(21)9-12(17-15(13)20)8-10(2)19-7-5-6-16-19/h5-7,9-10,18H,4,8H2,1-3H3/t10-/m1/s1. The largest absolute Gasteiger partial charge is 0.294 e. The van der Waals surface area contributed by atoms with E-state index in [-0.39, 0.29) is 11.6 Å². The molecule has 3 heterocycles. The third-order valence-electron chi connectivity index (χ3n) is 3.81. The van der Waals surface area contributed by atoms with Gasteiger partial charge in [-0.05, 0) is 26.3 Å². The second-order valence-electron chi connectivity index (χ2n) is 5.35. The van der Waals surface area contributed by atoms with Crippen LogP contribution in [-0.2, 0) is 12.8 Å². The molecule has 0 unspecified atom stereocenters. The van der Waals surface area contributed by atoms with Crippen molar-refractivity contribution >= 4 is 5.65 Å². The van der Waals surface area contributed by atoms with Crippen LogP contribution in [-0.4, -0.2) is 24.4 Å². The molecule has 21 heavy (non-hydrogen) atoms. The molecule has 3 aromatic heterocycles. The van der Waals surface area contributed by atoms with Gasteiger partial charge in [0.2, 0.25) is 0 Å².